The summed E-state index contributed by atoms with van der Waals surface area (Å²) >= 11 is 0. The molecule has 3 aromatic rings. The number of carbonyl (C=O) groups is 1. The van der Waals surface area contributed by atoms with Gasteiger partial charge in [-0.25, -0.2) is 0 Å². The van der Waals surface area contributed by atoms with Gasteiger partial charge in [-0.05, 0) is 47.0 Å². The largest absolute Gasteiger partial charge is 0.481 e. The molecule has 0 saturated heterocycles. The first-order chi connectivity index (χ1) is 14.3. The lowest BCUT2D eigenvalue weighted by atomic mass is 10.0. The van der Waals surface area contributed by atoms with E-state index in [9.17, 15) is 18.0 Å². The molecule has 0 atom stereocenters. The molecular formula is C24H17F3O3. The smallest absolute Gasteiger partial charge is 0.416 e. The Morgan fingerprint density at radius 1 is 0.933 bits per heavy atom. The summed E-state index contributed by atoms with van der Waals surface area (Å²) in [5.74, 6) is 4.90. The van der Waals surface area contributed by atoms with Crippen molar-refractivity contribution < 1.29 is 27.8 Å². The zero-order valence-electron chi connectivity index (χ0n) is 15.7. The molecule has 6 heteroatoms. The van der Waals surface area contributed by atoms with Crippen LogP contribution in [0.4, 0.5) is 13.2 Å². The van der Waals surface area contributed by atoms with E-state index in [1.807, 2.05) is 42.5 Å². The third-order valence-corrected chi connectivity index (χ3v) is 4.21. The van der Waals surface area contributed by atoms with Crippen LogP contribution in [0.5, 0.6) is 5.75 Å². The minimum absolute atomic E-state index is 0.0384. The molecule has 3 rings (SSSR count). The van der Waals surface area contributed by atoms with Crippen molar-refractivity contribution in [3.8, 4) is 28.7 Å². The molecule has 0 aliphatic rings. The number of carboxylic acid groups (broad SMARTS) is 1. The van der Waals surface area contributed by atoms with Crippen molar-refractivity contribution in [2.75, 3.05) is 6.61 Å². The van der Waals surface area contributed by atoms with Crippen LogP contribution in [-0.4, -0.2) is 17.7 Å². The summed E-state index contributed by atoms with van der Waals surface area (Å²) in [6.07, 6.45) is -4.46. The maximum atomic E-state index is 12.7. The lowest BCUT2D eigenvalue weighted by Crippen LogP contribution is -2.05. The highest BCUT2D eigenvalue weighted by Crippen LogP contribution is 2.31. The number of halogens is 3. The first-order valence-electron chi connectivity index (χ1n) is 9.01. The maximum absolute atomic E-state index is 12.7. The van der Waals surface area contributed by atoms with Gasteiger partial charge in [-0.2, -0.15) is 13.2 Å². The summed E-state index contributed by atoms with van der Waals surface area (Å²) in [6.45, 7) is -0.0414. The standard InChI is InChI=1S/C24H17F3O3/c25-24(26,27)21-7-2-8-22(16-21)30-13-3-5-17-9-11-19(12-10-17)20-6-1-4-18(14-20)15-23(28)29/h1-2,4,6-12,14,16H,13,15H2,(H,28,29). The number of hydrogen-bond acceptors (Lipinski definition) is 2. The number of hydrogen-bond donors (Lipinski definition) is 1. The van der Waals surface area contributed by atoms with Crippen LogP contribution >= 0.6 is 0 Å². The number of rotatable bonds is 5. The van der Waals surface area contributed by atoms with E-state index < -0.39 is 17.7 Å². The highest BCUT2D eigenvalue weighted by molar-refractivity contribution is 5.72. The third kappa shape index (κ3) is 5.89. The summed E-state index contributed by atoms with van der Waals surface area (Å²) in [5.41, 5.74) is 2.51. The van der Waals surface area contributed by atoms with Crippen molar-refractivity contribution in [2.45, 2.75) is 12.6 Å². The van der Waals surface area contributed by atoms with Crippen LogP contribution in [0.15, 0.2) is 72.8 Å². The van der Waals surface area contributed by atoms with Crippen molar-refractivity contribution in [1.82, 2.24) is 0 Å². The molecule has 0 bridgehead atoms. The van der Waals surface area contributed by atoms with Crippen LogP contribution < -0.4 is 4.74 Å². The number of aliphatic carboxylic acids is 1. The quantitative estimate of drug-likeness (QED) is 0.571. The van der Waals surface area contributed by atoms with E-state index in [1.165, 1.54) is 12.1 Å². The van der Waals surface area contributed by atoms with E-state index in [1.54, 1.807) is 6.07 Å². The molecule has 0 spiro atoms. The van der Waals surface area contributed by atoms with E-state index in [0.29, 0.717) is 0 Å². The van der Waals surface area contributed by atoms with Crippen molar-refractivity contribution in [2.24, 2.45) is 0 Å². The molecule has 30 heavy (non-hydrogen) atoms. The van der Waals surface area contributed by atoms with E-state index in [2.05, 4.69) is 11.8 Å². The summed E-state index contributed by atoms with van der Waals surface area (Å²) in [5, 5.41) is 8.91. The molecule has 0 amide bonds. The highest BCUT2D eigenvalue weighted by Gasteiger charge is 2.30. The highest BCUT2D eigenvalue weighted by atomic mass is 19.4. The fourth-order valence-corrected chi connectivity index (χ4v) is 2.80. The molecule has 152 valence electrons. The molecule has 0 aromatic heterocycles. The van der Waals surface area contributed by atoms with Crippen molar-refractivity contribution in [3.63, 3.8) is 0 Å². The molecule has 0 aliphatic carbocycles. The van der Waals surface area contributed by atoms with Crippen LogP contribution in [-0.2, 0) is 17.4 Å². The fourth-order valence-electron chi connectivity index (χ4n) is 2.80. The Bertz CT molecular complexity index is 1090. The number of benzene rings is 3. The first kappa shape index (κ1) is 21.0. The van der Waals surface area contributed by atoms with Gasteiger partial charge in [0.1, 0.15) is 12.4 Å². The SMILES string of the molecule is O=C(O)Cc1cccc(-c2ccc(C#CCOc3cccc(C(F)(F)F)c3)cc2)c1. The molecule has 0 saturated carbocycles. The van der Waals surface area contributed by atoms with E-state index in [-0.39, 0.29) is 18.8 Å². The summed E-state index contributed by atoms with van der Waals surface area (Å²) in [7, 11) is 0. The van der Waals surface area contributed by atoms with Gasteiger partial charge in [0, 0.05) is 5.56 Å². The summed E-state index contributed by atoms with van der Waals surface area (Å²) in [4.78, 5) is 10.9. The Labute approximate surface area is 171 Å². The molecule has 0 unspecified atom stereocenters. The topological polar surface area (TPSA) is 46.5 Å². The van der Waals surface area contributed by atoms with Gasteiger partial charge in [-0.1, -0.05) is 54.3 Å². The molecule has 1 N–H and O–H groups in total. The average molecular weight is 410 g/mol. The lowest BCUT2D eigenvalue weighted by molar-refractivity contribution is -0.138. The second-order valence-electron chi connectivity index (χ2n) is 6.46. The molecule has 0 aliphatic heterocycles. The van der Waals surface area contributed by atoms with Crippen LogP contribution in [0, 0.1) is 11.8 Å². The van der Waals surface area contributed by atoms with Crippen molar-refractivity contribution >= 4 is 5.97 Å². The van der Waals surface area contributed by atoms with Gasteiger partial charge in [0.2, 0.25) is 0 Å². The Balaban J connectivity index is 1.62. The Morgan fingerprint density at radius 2 is 1.67 bits per heavy atom. The fraction of sp³-hybridized carbons (Fsp3) is 0.125. The van der Waals surface area contributed by atoms with Crippen LogP contribution in [0.3, 0.4) is 0 Å². The molecule has 3 nitrogen and oxygen atoms in total. The van der Waals surface area contributed by atoms with Crippen LogP contribution in [0.1, 0.15) is 16.7 Å². The predicted octanol–water partition coefficient (Wildman–Crippen LogP) is 5.43. The number of alkyl halides is 3. The Kier molecular flexibility index (Phi) is 6.43. The van der Waals surface area contributed by atoms with Gasteiger partial charge in [-0.3, -0.25) is 4.79 Å². The third-order valence-electron chi connectivity index (χ3n) is 4.21. The van der Waals surface area contributed by atoms with Crippen LogP contribution in [0.2, 0.25) is 0 Å². The second kappa shape index (κ2) is 9.19. The number of ether oxygens (including phenoxy) is 1. The zero-order valence-corrected chi connectivity index (χ0v) is 15.7. The monoisotopic (exact) mass is 410 g/mol. The van der Waals surface area contributed by atoms with Gasteiger partial charge < -0.3 is 9.84 Å². The van der Waals surface area contributed by atoms with Crippen molar-refractivity contribution in [1.29, 1.82) is 0 Å². The Morgan fingerprint density at radius 3 is 2.37 bits per heavy atom. The molecule has 3 aromatic carbocycles. The van der Waals surface area contributed by atoms with Gasteiger partial charge in [0.15, 0.2) is 0 Å². The maximum Gasteiger partial charge on any atom is 0.416 e. The number of carboxylic acids is 1. The van der Waals surface area contributed by atoms with Gasteiger partial charge in [-0.15, -0.1) is 0 Å². The van der Waals surface area contributed by atoms with E-state index in [0.717, 1.165) is 34.4 Å². The lowest BCUT2D eigenvalue weighted by Gasteiger charge is -2.08. The molecule has 0 radical (unpaired) electrons. The summed E-state index contributed by atoms with van der Waals surface area (Å²) in [6, 6.07) is 19.3. The van der Waals surface area contributed by atoms with Crippen LogP contribution in [0.25, 0.3) is 11.1 Å². The van der Waals surface area contributed by atoms with E-state index in [4.69, 9.17) is 9.84 Å². The molecule has 0 heterocycles. The van der Waals surface area contributed by atoms with E-state index >= 15 is 0 Å². The first-order valence-corrected chi connectivity index (χ1v) is 9.01. The van der Waals surface area contributed by atoms with Gasteiger partial charge in [0.25, 0.3) is 0 Å². The van der Waals surface area contributed by atoms with Crippen molar-refractivity contribution in [3.05, 3.63) is 89.5 Å². The van der Waals surface area contributed by atoms with Gasteiger partial charge >= 0.3 is 12.1 Å². The second-order valence-corrected chi connectivity index (χ2v) is 6.46. The minimum atomic E-state index is -4.42. The summed E-state index contributed by atoms with van der Waals surface area (Å²) < 4.78 is 43.4. The zero-order chi connectivity index (χ0) is 21.6. The normalized spacial score (nSPS) is 10.8. The average Bonchev–Trinajstić information content (AvgIpc) is 2.71. The Hall–Kier alpha value is -3.72. The van der Waals surface area contributed by atoms with Gasteiger partial charge in [0.05, 0.1) is 12.0 Å². The minimum Gasteiger partial charge on any atom is -0.481 e. The molecular weight excluding hydrogens is 393 g/mol. The molecule has 0 fully saturated rings. The predicted molar refractivity (Wildman–Crippen MR) is 107 cm³/mol.